The minimum absolute atomic E-state index is 1.01. The molecule has 0 N–H and O–H groups in total. The molecule has 4 rings (SSSR count). The van der Waals surface area contributed by atoms with E-state index in [0.717, 1.165) is 27.2 Å². The third kappa shape index (κ3) is 2.95. The smallest absolute Gasteiger partial charge is 0.125 e. The summed E-state index contributed by atoms with van der Waals surface area (Å²) in [5.41, 5.74) is 5.42. The summed E-state index contributed by atoms with van der Waals surface area (Å²) in [7, 11) is 0. The van der Waals surface area contributed by atoms with Crippen LogP contribution in [0.2, 0.25) is 0 Å². The van der Waals surface area contributed by atoms with Crippen LogP contribution < -0.4 is 0 Å². The van der Waals surface area contributed by atoms with Crippen molar-refractivity contribution in [2.45, 2.75) is 6.92 Å². The Labute approximate surface area is 145 Å². The van der Waals surface area contributed by atoms with Crippen LogP contribution in [0.25, 0.3) is 20.8 Å². The van der Waals surface area contributed by atoms with Gasteiger partial charge in [0.15, 0.2) is 0 Å². The molecule has 2 heteroatoms. The van der Waals surface area contributed by atoms with Crippen molar-refractivity contribution >= 4 is 21.6 Å². The maximum Gasteiger partial charge on any atom is 0.125 e. The van der Waals surface area contributed by atoms with Crippen LogP contribution in [0, 0.1) is 18.8 Å². The molecular weight excluding hydrogens is 310 g/mol. The number of thiazole rings is 1. The maximum atomic E-state index is 4.81. The van der Waals surface area contributed by atoms with Crippen LogP contribution >= 0.6 is 11.3 Å². The highest BCUT2D eigenvalue weighted by molar-refractivity contribution is 7.21. The van der Waals surface area contributed by atoms with Crippen LogP contribution in [-0.2, 0) is 0 Å². The lowest BCUT2D eigenvalue weighted by molar-refractivity contribution is 1.43. The lowest BCUT2D eigenvalue weighted by atomic mass is 10.1. The summed E-state index contributed by atoms with van der Waals surface area (Å²) in [6, 6.07) is 24.7. The highest BCUT2D eigenvalue weighted by atomic mass is 32.1. The van der Waals surface area contributed by atoms with E-state index in [1.54, 1.807) is 11.3 Å². The summed E-state index contributed by atoms with van der Waals surface area (Å²) in [6.45, 7) is 2.09. The standard InChI is InChI=1S/C22H15NS/c1-16-11-14-21-20(15-16)23-22(24-21)19-10-6-5-9-18(19)13-12-17-7-3-2-4-8-17/h2-11,14-15H,1H3. The van der Waals surface area contributed by atoms with Crippen molar-refractivity contribution in [3.8, 4) is 22.4 Å². The molecule has 3 aromatic carbocycles. The maximum absolute atomic E-state index is 4.81. The van der Waals surface area contributed by atoms with E-state index < -0.39 is 0 Å². The second kappa shape index (κ2) is 6.31. The topological polar surface area (TPSA) is 12.9 Å². The van der Waals surface area contributed by atoms with Gasteiger partial charge in [0.1, 0.15) is 5.01 Å². The lowest BCUT2D eigenvalue weighted by Gasteiger charge is -1.99. The Bertz CT molecular complexity index is 1070. The highest BCUT2D eigenvalue weighted by Gasteiger charge is 2.09. The van der Waals surface area contributed by atoms with Gasteiger partial charge in [-0.25, -0.2) is 4.98 Å². The van der Waals surface area contributed by atoms with E-state index >= 15 is 0 Å². The minimum atomic E-state index is 1.01. The molecule has 0 atom stereocenters. The molecule has 0 fully saturated rings. The van der Waals surface area contributed by atoms with Crippen molar-refractivity contribution in [2.24, 2.45) is 0 Å². The van der Waals surface area contributed by atoms with Crippen molar-refractivity contribution < 1.29 is 0 Å². The number of benzene rings is 3. The largest absolute Gasteiger partial charge is 0.236 e. The Hall–Kier alpha value is -2.89. The van der Waals surface area contributed by atoms with Crippen LogP contribution in [0.4, 0.5) is 0 Å². The first-order valence-corrected chi connectivity index (χ1v) is 8.65. The highest BCUT2D eigenvalue weighted by Crippen LogP contribution is 2.32. The van der Waals surface area contributed by atoms with Crippen LogP contribution in [0.15, 0.2) is 72.8 Å². The summed E-state index contributed by atoms with van der Waals surface area (Å²) in [4.78, 5) is 4.81. The zero-order valence-electron chi connectivity index (χ0n) is 13.3. The molecule has 0 saturated heterocycles. The number of nitrogens with zero attached hydrogens (tertiary/aromatic N) is 1. The van der Waals surface area contributed by atoms with E-state index in [1.807, 2.05) is 42.5 Å². The normalized spacial score (nSPS) is 10.4. The Morgan fingerprint density at radius 1 is 0.833 bits per heavy atom. The monoisotopic (exact) mass is 325 g/mol. The lowest BCUT2D eigenvalue weighted by Crippen LogP contribution is -1.83. The number of fused-ring (bicyclic) bond motifs is 1. The van der Waals surface area contributed by atoms with Gasteiger partial charge in [0.05, 0.1) is 10.2 Å². The van der Waals surface area contributed by atoms with Crippen molar-refractivity contribution in [1.29, 1.82) is 0 Å². The molecule has 0 bridgehead atoms. The fraction of sp³-hybridized carbons (Fsp3) is 0.0455. The SMILES string of the molecule is Cc1ccc2sc(-c3ccccc3C#Cc3ccccc3)nc2c1. The molecule has 114 valence electrons. The number of hydrogen-bond donors (Lipinski definition) is 0. The predicted octanol–water partition coefficient (Wildman–Crippen LogP) is 5.67. The fourth-order valence-electron chi connectivity index (χ4n) is 2.59. The molecule has 1 heterocycles. The third-order valence-corrected chi connectivity index (χ3v) is 4.89. The quantitative estimate of drug-likeness (QED) is 0.411. The van der Waals surface area contributed by atoms with E-state index in [9.17, 15) is 0 Å². The Morgan fingerprint density at radius 3 is 2.50 bits per heavy atom. The van der Waals surface area contributed by atoms with Gasteiger partial charge < -0.3 is 0 Å². The van der Waals surface area contributed by atoms with Crippen LogP contribution in [0.5, 0.6) is 0 Å². The van der Waals surface area contributed by atoms with Crippen molar-refractivity contribution in [3.63, 3.8) is 0 Å². The summed E-state index contributed by atoms with van der Waals surface area (Å²) >= 11 is 1.72. The fourth-order valence-corrected chi connectivity index (χ4v) is 3.58. The molecule has 0 aliphatic carbocycles. The van der Waals surface area contributed by atoms with E-state index in [4.69, 9.17) is 4.98 Å². The zero-order valence-corrected chi connectivity index (χ0v) is 14.1. The Kier molecular flexibility index (Phi) is 3.86. The van der Waals surface area contributed by atoms with Gasteiger partial charge in [-0.2, -0.15) is 0 Å². The van der Waals surface area contributed by atoms with Crippen LogP contribution in [-0.4, -0.2) is 4.98 Å². The Morgan fingerprint density at radius 2 is 1.62 bits per heavy atom. The summed E-state index contributed by atoms with van der Waals surface area (Å²) in [6.07, 6.45) is 0. The van der Waals surface area contributed by atoms with Gasteiger partial charge in [-0.1, -0.05) is 54.3 Å². The molecule has 0 saturated carbocycles. The van der Waals surface area contributed by atoms with Gasteiger partial charge >= 0.3 is 0 Å². The van der Waals surface area contributed by atoms with Crippen molar-refractivity contribution in [2.75, 3.05) is 0 Å². The van der Waals surface area contributed by atoms with Crippen molar-refractivity contribution in [1.82, 2.24) is 4.98 Å². The summed E-state index contributed by atoms with van der Waals surface area (Å²) < 4.78 is 1.21. The average Bonchev–Trinajstić information content (AvgIpc) is 3.04. The first-order valence-electron chi connectivity index (χ1n) is 7.83. The molecule has 4 aromatic rings. The summed E-state index contributed by atoms with van der Waals surface area (Å²) in [5.74, 6) is 6.54. The molecular formula is C22H15NS. The second-order valence-electron chi connectivity index (χ2n) is 5.65. The number of hydrogen-bond acceptors (Lipinski definition) is 2. The van der Waals surface area contributed by atoms with Crippen LogP contribution in [0.1, 0.15) is 16.7 Å². The van der Waals surface area contributed by atoms with Crippen LogP contribution in [0.3, 0.4) is 0 Å². The molecule has 1 aromatic heterocycles. The first kappa shape index (κ1) is 14.7. The predicted molar refractivity (Wildman–Crippen MR) is 102 cm³/mol. The minimum Gasteiger partial charge on any atom is -0.236 e. The van der Waals surface area contributed by atoms with Gasteiger partial charge in [-0.05, 0) is 42.8 Å². The summed E-state index contributed by atoms with van der Waals surface area (Å²) in [5, 5.41) is 1.02. The van der Waals surface area contributed by atoms with E-state index in [2.05, 4.69) is 49.1 Å². The van der Waals surface area contributed by atoms with Gasteiger partial charge in [-0.15, -0.1) is 11.3 Å². The number of aryl methyl sites for hydroxylation is 1. The average molecular weight is 325 g/mol. The zero-order chi connectivity index (χ0) is 16.4. The van der Waals surface area contributed by atoms with E-state index in [-0.39, 0.29) is 0 Å². The van der Waals surface area contributed by atoms with Gasteiger partial charge in [0.25, 0.3) is 0 Å². The molecule has 0 aliphatic rings. The van der Waals surface area contributed by atoms with E-state index in [0.29, 0.717) is 0 Å². The van der Waals surface area contributed by atoms with E-state index in [1.165, 1.54) is 10.3 Å². The molecule has 0 aliphatic heterocycles. The van der Waals surface area contributed by atoms with Gasteiger partial charge in [-0.3, -0.25) is 0 Å². The number of rotatable bonds is 1. The second-order valence-corrected chi connectivity index (χ2v) is 6.68. The third-order valence-electron chi connectivity index (χ3n) is 3.82. The Balaban J connectivity index is 1.80. The van der Waals surface area contributed by atoms with Gasteiger partial charge in [0.2, 0.25) is 0 Å². The molecule has 24 heavy (non-hydrogen) atoms. The number of aromatic nitrogens is 1. The molecule has 0 radical (unpaired) electrons. The first-order chi connectivity index (χ1) is 11.8. The van der Waals surface area contributed by atoms with Crippen molar-refractivity contribution in [3.05, 3.63) is 89.5 Å². The molecule has 1 nitrogen and oxygen atoms in total. The molecule has 0 spiro atoms. The molecule has 0 amide bonds. The molecule has 0 unspecified atom stereocenters. The van der Waals surface area contributed by atoms with Gasteiger partial charge in [0, 0.05) is 16.7 Å².